The molecule has 2 unspecified atom stereocenters. The van der Waals surface area contributed by atoms with E-state index in [-0.39, 0.29) is 0 Å². The van der Waals surface area contributed by atoms with Gasteiger partial charge in [-0.1, -0.05) is 20.8 Å². The predicted molar refractivity (Wildman–Crippen MR) is 54.7 cm³/mol. The Morgan fingerprint density at radius 3 is 2.67 bits per heavy atom. The van der Waals surface area contributed by atoms with Crippen molar-refractivity contribution in [3.8, 4) is 0 Å². The predicted octanol–water partition coefficient (Wildman–Crippen LogP) is 2.59. The molecule has 0 N–H and O–H groups in total. The van der Waals surface area contributed by atoms with E-state index in [4.69, 9.17) is 11.6 Å². The van der Waals surface area contributed by atoms with Gasteiger partial charge in [-0.05, 0) is 24.8 Å². The molecule has 0 aromatic rings. The maximum absolute atomic E-state index is 5.94. The Morgan fingerprint density at radius 1 is 1.50 bits per heavy atom. The Hall–Kier alpha value is 0.250. The fraction of sp³-hybridized carbons (Fsp3) is 1.00. The number of nitrogens with zero attached hydrogens (tertiary/aromatic N) is 1. The first-order valence-electron chi connectivity index (χ1n) is 4.95. The lowest BCUT2D eigenvalue weighted by Crippen LogP contribution is -2.36. The summed E-state index contributed by atoms with van der Waals surface area (Å²) in [5.41, 5.74) is 0. The van der Waals surface area contributed by atoms with Gasteiger partial charge in [-0.25, -0.2) is 0 Å². The summed E-state index contributed by atoms with van der Waals surface area (Å²) in [4.78, 5) is 2.54. The van der Waals surface area contributed by atoms with Crippen LogP contribution in [0.1, 0.15) is 27.2 Å². The zero-order valence-corrected chi connectivity index (χ0v) is 9.14. The second-order valence-electron chi connectivity index (χ2n) is 4.38. The molecule has 2 atom stereocenters. The molecule has 0 aromatic heterocycles. The third-order valence-electron chi connectivity index (χ3n) is 2.76. The lowest BCUT2D eigenvalue weighted by molar-refractivity contribution is 0.224. The molecule has 12 heavy (non-hydrogen) atoms. The topological polar surface area (TPSA) is 3.24 Å². The Kier molecular flexibility index (Phi) is 3.85. The third-order valence-corrected chi connectivity index (χ3v) is 3.07. The fourth-order valence-electron chi connectivity index (χ4n) is 2.03. The SMILES string of the molecule is CC(C)CN1CCC(C)C1CCl. The molecule has 1 aliphatic rings. The summed E-state index contributed by atoms with van der Waals surface area (Å²) < 4.78 is 0. The van der Waals surface area contributed by atoms with E-state index in [0.717, 1.165) is 17.7 Å². The van der Waals surface area contributed by atoms with Crippen molar-refractivity contribution in [2.24, 2.45) is 11.8 Å². The van der Waals surface area contributed by atoms with Gasteiger partial charge in [0.15, 0.2) is 0 Å². The van der Waals surface area contributed by atoms with Gasteiger partial charge in [0, 0.05) is 18.5 Å². The Labute approximate surface area is 81.1 Å². The lowest BCUT2D eigenvalue weighted by atomic mass is 10.0. The summed E-state index contributed by atoms with van der Waals surface area (Å²) in [6.07, 6.45) is 1.32. The maximum atomic E-state index is 5.94. The third kappa shape index (κ3) is 2.37. The van der Waals surface area contributed by atoms with Gasteiger partial charge >= 0.3 is 0 Å². The van der Waals surface area contributed by atoms with E-state index in [1.54, 1.807) is 0 Å². The van der Waals surface area contributed by atoms with E-state index in [0.29, 0.717) is 6.04 Å². The molecule has 1 aliphatic heterocycles. The van der Waals surface area contributed by atoms with Gasteiger partial charge in [0.25, 0.3) is 0 Å². The molecule has 0 saturated carbocycles. The molecule has 1 saturated heterocycles. The second-order valence-corrected chi connectivity index (χ2v) is 4.68. The van der Waals surface area contributed by atoms with Crippen molar-refractivity contribution in [3.05, 3.63) is 0 Å². The summed E-state index contributed by atoms with van der Waals surface area (Å²) in [5.74, 6) is 2.36. The minimum atomic E-state index is 0.633. The minimum Gasteiger partial charge on any atom is -0.299 e. The highest BCUT2D eigenvalue weighted by atomic mass is 35.5. The van der Waals surface area contributed by atoms with Crippen LogP contribution in [0.2, 0.25) is 0 Å². The van der Waals surface area contributed by atoms with Crippen LogP contribution < -0.4 is 0 Å². The number of hydrogen-bond donors (Lipinski definition) is 0. The molecule has 0 spiro atoms. The van der Waals surface area contributed by atoms with Crippen LogP contribution in [-0.4, -0.2) is 29.9 Å². The molecule has 1 nitrogen and oxygen atoms in total. The van der Waals surface area contributed by atoms with Crippen LogP contribution in [0.4, 0.5) is 0 Å². The first-order chi connectivity index (χ1) is 5.65. The zero-order chi connectivity index (χ0) is 9.14. The molecular weight excluding hydrogens is 170 g/mol. The molecule has 0 amide bonds. The van der Waals surface area contributed by atoms with Crippen LogP contribution in [0.3, 0.4) is 0 Å². The monoisotopic (exact) mass is 189 g/mol. The van der Waals surface area contributed by atoms with Crippen LogP contribution in [0.5, 0.6) is 0 Å². The van der Waals surface area contributed by atoms with Crippen LogP contribution in [0, 0.1) is 11.8 Å². The van der Waals surface area contributed by atoms with E-state index in [2.05, 4.69) is 25.7 Å². The van der Waals surface area contributed by atoms with E-state index in [1.807, 2.05) is 0 Å². The van der Waals surface area contributed by atoms with Crippen LogP contribution in [0.25, 0.3) is 0 Å². The van der Waals surface area contributed by atoms with Gasteiger partial charge in [-0.15, -0.1) is 11.6 Å². The van der Waals surface area contributed by atoms with Crippen molar-refractivity contribution < 1.29 is 0 Å². The van der Waals surface area contributed by atoms with Crippen LogP contribution in [-0.2, 0) is 0 Å². The van der Waals surface area contributed by atoms with E-state index in [9.17, 15) is 0 Å². The van der Waals surface area contributed by atoms with Crippen LogP contribution >= 0.6 is 11.6 Å². The molecule has 0 radical (unpaired) electrons. The molecular formula is C10H20ClN. The summed E-state index contributed by atoms with van der Waals surface area (Å²) in [6, 6.07) is 0.633. The van der Waals surface area contributed by atoms with Gasteiger partial charge < -0.3 is 0 Å². The molecule has 0 aromatic carbocycles. The number of likely N-dealkylation sites (tertiary alicyclic amines) is 1. The van der Waals surface area contributed by atoms with Gasteiger partial charge in [0.2, 0.25) is 0 Å². The molecule has 2 heteroatoms. The summed E-state index contributed by atoms with van der Waals surface area (Å²) in [7, 11) is 0. The van der Waals surface area contributed by atoms with Crippen molar-refractivity contribution in [1.29, 1.82) is 0 Å². The number of hydrogen-bond acceptors (Lipinski definition) is 1. The summed E-state index contributed by atoms with van der Waals surface area (Å²) in [5, 5.41) is 0. The van der Waals surface area contributed by atoms with Crippen molar-refractivity contribution >= 4 is 11.6 Å². The van der Waals surface area contributed by atoms with Gasteiger partial charge in [-0.3, -0.25) is 4.90 Å². The van der Waals surface area contributed by atoms with Crippen molar-refractivity contribution in [3.63, 3.8) is 0 Å². The zero-order valence-electron chi connectivity index (χ0n) is 8.39. The van der Waals surface area contributed by atoms with E-state index in [1.165, 1.54) is 19.5 Å². The molecule has 0 bridgehead atoms. The highest BCUT2D eigenvalue weighted by Crippen LogP contribution is 2.25. The minimum absolute atomic E-state index is 0.633. The fourth-order valence-corrected chi connectivity index (χ4v) is 2.53. The summed E-state index contributed by atoms with van der Waals surface area (Å²) >= 11 is 5.94. The first kappa shape index (κ1) is 10.3. The standard InChI is InChI=1S/C10H20ClN/c1-8(2)7-12-5-4-9(3)10(12)6-11/h8-10H,4-7H2,1-3H3. The Morgan fingerprint density at radius 2 is 2.17 bits per heavy atom. The molecule has 0 aliphatic carbocycles. The molecule has 1 heterocycles. The molecule has 1 fully saturated rings. The number of rotatable bonds is 3. The second kappa shape index (κ2) is 4.48. The maximum Gasteiger partial charge on any atom is 0.0382 e. The highest BCUT2D eigenvalue weighted by molar-refractivity contribution is 6.18. The first-order valence-corrected chi connectivity index (χ1v) is 5.48. The molecule has 72 valence electrons. The number of alkyl halides is 1. The lowest BCUT2D eigenvalue weighted by Gasteiger charge is -2.26. The average Bonchev–Trinajstić information content (AvgIpc) is 2.30. The van der Waals surface area contributed by atoms with Gasteiger partial charge in [-0.2, -0.15) is 0 Å². The highest BCUT2D eigenvalue weighted by Gasteiger charge is 2.30. The number of halogens is 1. The quantitative estimate of drug-likeness (QED) is 0.617. The average molecular weight is 190 g/mol. The Bertz CT molecular complexity index is 136. The smallest absolute Gasteiger partial charge is 0.0382 e. The van der Waals surface area contributed by atoms with Gasteiger partial charge in [0.1, 0.15) is 0 Å². The molecule has 1 rings (SSSR count). The van der Waals surface area contributed by atoms with E-state index >= 15 is 0 Å². The normalized spacial score (nSPS) is 31.8. The largest absolute Gasteiger partial charge is 0.299 e. The summed E-state index contributed by atoms with van der Waals surface area (Å²) in [6.45, 7) is 9.31. The van der Waals surface area contributed by atoms with Crippen molar-refractivity contribution in [2.45, 2.75) is 33.2 Å². The van der Waals surface area contributed by atoms with Gasteiger partial charge in [0.05, 0.1) is 0 Å². The van der Waals surface area contributed by atoms with Crippen molar-refractivity contribution in [2.75, 3.05) is 19.0 Å². The van der Waals surface area contributed by atoms with E-state index < -0.39 is 0 Å². The Balaban J connectivity index is 2.43. The van der Waals surface area contributed by atoms with Crippen LogP contribution in [0.15, 0.2) is 0 Å². The van der Waals surface area contributed by atoms with Crippen molar-refractivity contribution in [1.82, 2.24) is 4.90 Å².